The van der Waals surface area contributed by atoms with Crippen molar-refractivity contribution in [1.29, 1.82) is 0 Å². The smallest absolute Gasteiger partial charge is 0.137 e. The highest BCUT2D eigenvalue weighted by atomic mass is 15.3. The molecule has 0 amide bonds. The molecule has 2 atom stereocenters. The molecule has 0 unspecified atom stereocenters. The van der Waals surface area contributed by atoms with Gasteiger partial charge in [0.1, 0.15) is 12.7 Å². The van der Waals surface area contributed by atoms with Gasteiger partial charge in [-0.15, -0.1) is 0 Å². The van der Waals surface area contributed by atoms with E-state index in [9.17, 15) is 0 Å². The molecule has 1 aromatic rings. The lowest BCUT2D eigenvalue weighted by molar-refractivity contribution is 0.423. The lowest BCUT2D eigenvalue weighted by Gasteiger charge is -2.07. The second-order valence-electron chi connectivity index (χ2n) is 3.56. The molecular weight excluding hydrogens is 152 g/mol. The predicted molar refractivity (Wildman–Crippen MR) is 45.3 cm³/mol. The largest absolute Gasteiger partial charge is 0.328 e. The molecule has 2 rings (SSSR count). The lowest BCUT2D eigenvalue weighted by Crippen LogP contribution is -2.16. The van der Waals surface area contributed by atoms with Crippen LogP contribution in [0, 0.1) is 5.92 Å². The van der Waals surface area contributed by atoms with Crippen LogP contribution < -0.4 is 5.73 Å². The molecule has 1 saturated carbocycles. The zero-order chi connectivity index (χ0) is 8.39. The molecule has 1 fully saturated rings. The highest BCUT2D eigenvalue weighted by molar-refractivity contribution is 4.77. The van der Waals surface area contributed by atoms with Crippen LogP contribution >= 0.6 is 0 Å². The fraction of sp³-hybridized carbons (Fsp3) is 0.750. The standard InChI is InChI=1S/C8H14N4/c9-8-2-1-7(3-8)4-12-6-10-5-11-12/h5-8H,1-4,9H2/t7-,8+/m0/s1. The number of aromatic nitrogens is 3. The van der Waals surface area contributed by atoms with Crippen LogP contribution in [0.15, 0.2) is 12.7 Å². The van der Waals surface area contributed by atoms with Crippen molar-refractivity contribution in [2.45, 2.75) is 31.8 Å². The molecule has 0 aromatic carbocycles. The number of rotatable bonds is 2. The molecule has 0 aliphatic heterocycles. The zero-order valence-electron chi connectivity index (χ0n) is 7.06. The summed E-state index contributed by atoms with van der Waals surface area (Å²) < 4.78 is 1.89. The molecular formula is C8H14N4. The van der Waals surface area contributed by atoms with Crippen LogP contribution in [-0.4, -0.2) is 20.8 Å². The van der Waals surface area contributed by atoms with Crippen molar-refractivity contribution in [3.63, 3.8) is 0 Å². The Kier molecular flexibility index (Phi) is 2.08. The summed E-state index contributed by atoms with van der Waals surface area (Å²) in [5, 5.41) is 4.07. The van der Waals surface area contributed by atoms with E-state index in [0.717, 1.165) is 13.0 Å². The van der Waals surface area contributed by atoms with Gasteiger partial charge in [-0.3, -0.25) is 4.68 Å². The van der Waals surface area contributed by atoms with Crippen molar-refractivity contribution in [3.05, 3.63) is 12.7 Å². The molecule has 1 aromatic heterocycles. The van der Waals surface area contributed by atoms with E-state index >= 15 is 0 Å². The van der Waals surface area contributed by atoms with Crippen LogP contribution in [0.1, 0.15) is 19.3 Å². The third-order valence-corrected chi connectivity index (χ3v) is 2.49. The fourth-order valence-electron chi connectivity index (χ4n) is 1.87. The lowest BCUT2D eigenvalue weighted by atomic mass is 10.1. The first-order chi connectivity index (χ1) is 5.84. The Balaban J connectivity index is 1.88. The van der Waals surface area contributed by atoms with Crippen LogP contribution in [0.2, 0.25) is 0 Å². The average molecular weight is 166 g/mol. The number of nitrogens with two attached hydrogens (primary N) is 1. The topological polar surface area (TPSA) is 56.7 Å². The minimum absolute atomic E-state index is 0.415. The Morgan fingerprint density at radius 2 is 2.42 bits per heavy atom. The quantitative estimate of drug-likeness (QED) is 0.692. The maximum Gasteiger partial charge on any atom is 0.137 e. The van der Waals surface area contributed by atoms with Crippen molar-refractivity contribution in [1.82, 2.24) is 14.8 Å². The summed E-state index contributed by atoms with van der Waals surface area (Å²) in [6.45, 7) is 0.980. The summed E-state index contributed by atoms with van der Waals surface area (Å²) in [5.41, 5.74) is 5.81. The van der Waals surface area contributed by atoms with Crippen LogP contribution in [-0.2, 0) is 6.54 Å². The van der Waals surface area contributed by atoms with Gasteiger partial charge < -0.3 is 5.73 Å². The highest BCUT2D eigenvalue weighted by Crippen LogP contribution is 2.24. The molecule has 12 heavy (non-hydrogen) atoms. The van der Waals surface area contributed by atoms with Gasteiger partial charge in [-0.05, 0) is 25.2 Å². The van der Waals surface area contributed by atoms with Gasteiger partial charge in [-0.2, -0.15) is 5.10 Å². The van der Waals surface area contributed by atoms with Crippen LogP contribution in [0.5, 0.6) is 0 Å². The second kappa shape index (κ2) is 3.23. The van der Waals surface area contributed by atoms with Gasteiger partial charge in [0.05, 0.1) is 0 Å². The highest BCUT2D eigenvalue weighted by Gasteiger charge is 2.21. The van der Waals surface area contributed by atoms with Crippen LogP contribution in [0.4, 0.5) is 0 Å². The van der Waals surface area contributed by atoms with E-state index < -0.39 is 0 Å². The molecule has 1 aliphatic carbocycles. The summed E-state index contributed by atoms with van der Waals surface area (Å²) >= 11 is 0. The van der Waals surface area contributed by atoms with Gasteiger partial charge in [-0.1, -0.05) is 0 Å². The van der Waals surface area contributed by atoms with Crippen molar-refractivity contribution in [3.8, 4) is 0 Å². The molecule has 1 heterocycles. The van der Waals surface area contributed by atoms with Gasteiger partial charge in [0.25, 0.3) is 0 Å². The number of nitrogens with zero attached hydrogens (tertiary/aromatic N) is 3. The van der Waals surface area contributed by atoms with E-state index in [4.69, 9.17) is 5.73 Å². The summed E-state index contributed by atoms with van der Waals surface area (Å²) in [6.07, 6.45) is 6.89. The van der Waals surface area contributed by atoms with Gasteiger partial charge in [-0.25, -0.2) is 4.98 Å². The number of hydrogen-bond donors (Lipinski definition) is 1. The summed E-state index contributed by atoms with van der Waals surface area (Å²) in [6, 6.07) is 0.415. The van der Waals surface area contributed by atoms with E-state index in [2.05, 4.69) is 10.1 Å². The summed E-state index contributed by atoms with van der Waals surface area (Å²) in [4.78, 5) is 3.90. The molecule has 66 valence electrons. The maximum atomic E-state index is 5.81. The van der Waals surface area contributed by atoms with Gasteiger partial charge >= 0.3 is 0 Å². The van der Waals surface area contributed by atoms with E-state index in [1.165, 1.54) is 12.8 Å². The molecule has 0 spiro atoms. The van der Waals surface area contributed by atoms with Gasteiger partial charge in [0.2, 0.25) is 0 Å². The Morgan fingerprint density at radius 1 is 1.50 bits per heavy atom. The predicted octanol–water partition coefficient (Wildman–Crippen LogP) is 0.405. The van der Waals surface area contributed by atoms with Crippen LogP contribution in [0.25, 0.3) is 0 Å². The summed E-state index contributed by atoms with van der Waals surface area (Å²) in [5.74, 6) is 0.710. The SMILES string of the molecule is N[C@@H]1CC[C@H](Cn2cncn2)C1. The minimum Gasteiger partial charge on any atom is -0.328 e. The Labute approximate surface area is 71.8 Å². The monoisotopic (exact) mass is 166 g/mol. The Morgan fingerprint density at radius 3 is 3.00 bits per heavy atom. The van der Waals surface area contributed by atoms with E-state index in [-0.39, 0.29) is 0 Å². The van der Waals surface area contributed by atoms with E-state index in [1.807, 2.05) is 4.68 Å². The normalized spacial score (nSPS) is 29.4. The number of hydrogen-bond acceptors (Lipinski definition) is 3. The third kappa shape index (κ3) is 1.64. The van der Waals surface area contributed by atoms with Crippen LogP contribution in [0.3, 0.4) is 0 Å². The van der Waals surface area contributed by atoms with Crippen molar-refractivity contribution >= 4 is 0 Å². The average Bonchev–Trinajstić information content (AvgIpc) is 2.63. The Hall–Kier alpha value is -0.900. The second-order valence-corrected chi connectivity index (χ2v) is 3.56. The first-order valence-corrected chi connectivity index (χ1v) is 4.42. The molecule has 2 N–H and O–H groups in total. The zero-order valence-corrected chi connectivity index (χ0v) is 7.06. The maximum absolute atomic E-state index is 5.81. The molecule has 1 aliphatic rings. The molecule has 4 heteroatoms. The van der Waals surface area contributed by atoms with E-state index in [0.29, 0.717) is 12.0 Å². The van der Waals surface area contributed by atoms with E-state index in [1.54, 1.807) is 12.7 Å². The van der Waals surface area contributed by atoms with Gasteiger partial charge in [0, 0.05) is 12.6 Å². The Bertz CT molecular complexity index is 231. The molecule has 0 radical (unpaired) electrons. The first-order valence-electron chi connectivity index (χ1n) is 4.42. The first kappa shape index (κ1) is 7.73. The summed E-state index contributed by atoms with van der Waals surface area (Å²) in [7, 11) is 0. The third-order valence-electron chi connectivity index (χ3n) is 2.49. The molecule has 0 bridgehead atoms. The van der Waals surface area contributed by atoms with Gasteiger partial charge in [0.15, 0.2) is 0 Å². The molecule has 0 saturated heterocycles. The fourth-order valence-corrected chi connectivity index (χ4v) is 1.87. The van der Waals surface area contributed by atoms with Crippen molar-refractivity contribution in [2.24, 2.45) is 11.7 Å². The van der Waals surface area contributed by atoms with Crippen molar-refractivity contribution < 1.29 is 0 Å². The van der Waals surface area contributed by atoms with Crippen molar-refractivity contribution in [2.75, 3.05) is 0 Å². The minimum atomic E-state index is 0.415. The molecule has 4 nitrogen and oxygen atoms in total.